The SMILES string of the molecule is CC1(C)COC1c1ccccc1[N+](=O)[O-]. The van der Waals surface area contributed by atoms with Crippen LogP contribution in [0.15, 0.2) is 24.3 Å². The number of nitrogens with zero attached hydrogens (tertiary/aromatic N) is 1. The van der Waals surface area contributed by atoms with Gasteiger partial charge in [0, 0.05) is 11.5 Å². The number of para-hydroxylation sites is 1. The van der Waals surface area contributed by atoms with Crippen LogP contribution in [-0.4, -0.2) is 11.5 Å². The summed E-state index contributed by atoms with van der Waals surface area (Å²) in [6, 6.07) is 6.77. The Morgan fingerprint density at radius 1 is 1.47 bits per heavy atom. The molecule has 1 atom stereocenters. The highest BCUT2D eigenvalue weighted by molar-refractivity contribution is 5.42. The predicted molar refractivity (Wildman–Crippen MR) is 55.6 cm³/mol. The summed E-state index contributed by atoms with van der Waals surface area (Å²) >= 11 is 0. The zero-order valence-electron chi connectivity index (χ0n) is 8.77. The van der Waals surface area contributed by atoms with Gasteiger partial charge in [0.1, 0.15) is 0 Å². The van der Waals surface area contributed by atoms with Crippen molar-refractivity contribution >= 4 is 5.69 Å². The van der Waals surface area contributed by atoms with Gasteiger partial charge in [0.25, 0.3) is 5.69 Å². The monoisotopic (exact) mass is 207 g/mol. The first kappa shape index (κ1) is 10.1. The number of rotatable bonds is 2. The number of hydrogen-bond acceptors (Lipinski definition) is 3. The molecule has 1 heterocycles. The molecule has 0 saturated carbocycles. The molecule has 4 nitrogen and oxygen atoms in total. The van der Waals surface area contributed by atoms with Crippen molar-refractivity contribution in [3.63, 3.8) is 0 Å². The van der Waals surface area contributed by atoms with Crippen molar-refractivity contribution in [2.45, 2.75) is 20.0 Å². The number of hydrogen-bond donors (Lipinski definition) is 0. The van der Waals surface area contributed by atoms with Crippen LogP contribution in [-0.2, 0) is 4.74 Å². The van der Waals surface area contributed by atoms with Crippen LogP contribution >= 0.6 is 0 Å². The maximum Gasteiger partial charge on any atom is 0.275 e. The average Bonchev–Trinajstić information content (AvgIpc) is 2.17. The van der Waals surface area contributed by atoms with Crippen LogP contribution in [0.25, 0.3) is 0 Å². The fourth-order valence-corrected chi connectivity index (χ4v) is 1.89. The van der Waals surface area contributed by atoms with Gasteiger partial charge in [-0.15, -0.1) is 0 Å². The molecular weight excluding hydrogens is 194 g/mol. The van der Waals surface area contributed by atoms with E-state index in [0.29, 0.717) is 12.2 Å². The van der Waals surface area contributed by atoms with Gasteiger partial charge in [-0.05, 0) is 6.07 Å². The fraction of sp³-hybridized carbons (Fsp3) is 0.455. The normalized spacial score (nSPS) is 23.2. The molecule has 0 N–H and O–H groups in total. The molecule has 15 heavy (non-hydrogen) atoms. The third kappa shape index (κ3) is 1.61. The standard InChI is InChI=1S/C11H13NO3/c1-11(2)7-15-10(11)8-5-3-4-6-9(8)12(13)14/h3-6,10H,7H2,1-2H3. The number of benzene rings is 1. The molecule has 1 fully saturated rings. The summed E-state index contributed by atoms with van der Waals surface area (Å²) in [5, 5.41) is 10.8. The summed E-state index contributed by atoms with van der Waals surface area (Å²) in [7, 11) is 0. The largest absolute Gasteiger partial charge is 0.372 e. The van der Waals surface area contributed by atoms with Crippen LogP contribution in [0.4, 0.5) is 5.69 Å². The van der Waals surface area contributed by atoms with Crippen LogP contribution in [0.5, 0.6) is 0 Å². The van der Waals surface area contributed by atoms with Gasteiger partial charge in [-0.2, -0.15) is 0 Å². The maximum absolute atomic E-state index is 10.8. The summed E-state index contributed by atoms with van der Waals surface area (Å²) < 4.78 is 5.42. The Hall–Kier alpha value is -1.42. The van der Waals surface area contributed by atoms with Crippen LogP contribution in [0, 0.1) is 15.5 Å². The third-order valence-electron chi connectivity index (χ3n) is 2.75. The van der Waals surface area contributed by atoms with E-state index in [1.807, 2.05) is 0 Å². The fourth-order valence-electron chi connectivity index (χ4n) is 1.89. The second kappa shape index (κ2) is 3.31. The van der Waals surface area contributed by atoms with Crippen molar-refractivity contribution in [2.75, 3.05) is 6.61 Å². The summed E-state index contributed by atoms with van der Waals surface area (Å²) in [5.41, 5.74) is 0.820. The third-order valence-corrected chi connectivity index (χ3v) is 2.75. The molecule has 0 radical (unpaired) electrons. The minimum absolute atomic E-state index is 0.00782. The molecule has 4 heteroatoms. The van der Waals surface area contributed by atoms with Gasteiger partial charge in [-0.1, -0.05) is 26.0 Å². The Morgan fingerprint density at radius 2 is 2.13 bits per heavy atom. The van der Waals surface area contributed by atoms with E-state index in [0.717, 1.165) is 0 Å². The van der Waals surface area contributed by atoms with Gasteiger partial charge in [-0.25, -0.2) is 0 Å². The van der Waals surface area contributed by atoms with Crippen molar-refractivity contribution in [1.29, 1.82) is 0 Å². The van der Waals surface area contributed by atoms with Gasteiger partial charge in [0.05, 0.1) is 23.2 Å². The van der Waals surface area contributed by atoms with E-state index in [9.17, 15) is 10.1 Å². The Bertz CT molecular complexity index is 401. The molecule has 80 valence electrons. The summed E-state index contributed by atoms with van der Waals surface area (Å²) in [6.45, 7) is 4.76. The molecule has 2 rings (SSSR count). The molecule has 0 aliphatic carbocycles. The Balaban J connectivity index is 2.40. The van der Waals surface area contributed by atoms with Crippen LogP contribution in [0.3, 0.4) is 0 Å². The van der Waals surface area contributed by atoms with Crippen LogP contribution in [0.2, 0.25) is 0 Å². The van der Waals surface area contributed by atoms with E-state index >= 15 is 0 Å². The first-order chi connectivity index (χ1) is 7.02. The summed E-state index contributed by atoms with van der Waals surface area (Å²) in [4.78, 5) is 10.5. The minimum Gasteiger partial charge on any atom is -0.372 e. The van der Waals surface area contributed by atoms with Crippen molar-refractivity contribution in [3.8, 4) is 0 Å². The first-order valence-corrected chi connectivity index (χ1v) is 4.87. The maximum atomic E-state index is 10.8. The molecule has 0 amide bonds. The topological polar surface area (TPSA) is 52.4 Å². The van der Waals surface area contributed by atoms with E-state index in [1.165, 1.54) is 6.07 Å². The molecule has 1 aromatic carbocycles. The molecule has 1 saturated heterocycles. The quantitative estimate of drug-likeness (QED) is 0.553. The highest BCUT2D eigenvalue weighted by atomic mass is 16.6. The molecular formula is C11H13NO3. The number of ether oxygens (including phenoxy) is 1. The summed E-state index contributed by atoms with van der Waals surface area (Å²) in [5.74, 6) is 0. The van der Waals surface area contributed by atoms with Gasteiger partial charge in [0.15, 0.2) is 0 Å². The number of nitro groups is 1. The van der Waals surface area contributed by atoms with Gasteiger partial charge < -0.3 is 4.74 Å². The lowest BCUT2D eigenvalue weighted by molar-refractivity contribution is -0.387. The molecule has 0 aromatic heterocycles. The highest BCUT2D eigenvalue weighted by Gasteiger charge is 2.43. The molecule has 1 aliphatic heterocycles. The Morgan fingerprint density at radius 3 is 2.60 bits per heavy atom. The van der Waals surface area contributed by atoms with E-state index in [2.05, 4.69) is 13.8 Å². The van der Waals surface area contributed by atoms with Gasteiger partial charge in [0.2, 0.25) is 0 Å². The van der Waals surface area contributed by atoms with Crippen LogP contribution < -0.4 is 0 Å². The lowest BCUT2D eigenvalue weighted by Crippen LogP contribution is -2.40. The van der Waals surface area contributed by atoms with Gasteiger partial charge in [-0.3, -0.25) is 10.1 Å². The van der Waals surface area contributed by atoms with Crippen molar-refractivity contribution in [2.24, 2.45) is 5.41 Å². The second-order valence-corrected chi connectivity index (χ2v) is 4.50. The average molecular weight is 207 g/mol. The van der Waals surface area contributed by atoms with E-state index in [-0.39, 0.29) is 22.1 Å². The molecule has 0 spiro atoms. The molecule has 1 aliphatic rings. The predicted octanol–water partition coefficient (Wildman–Crippen LogP) is 2.69. The zero-order chi connectivity index (χ0) is 11.1. The second-order valence-electron chi connectivity index (χ2n) is 4.50. The van der Waals surface area contributed by atoms with Crippen LogP contribution in [0.1, 0.15) is 25.5 Å². The highest BCUT2D eigenvalue weighted by Crippen LogP contribution is 2.47. The minimum atomic E-state index is -0.354. The molecule has 1 unspecified atom stereocenters. The van der Waals surface area contributed by atoms with E-state index < -0.39 is 0 Å². The molecule has 1 aromatic rings. The Kier molecular flexibility index (Phi) is 2.23. The van der Waals surface area contributed by atoms with Gasteiger partial charge >= 0.3 is 0 Å². The first-order valence-electron chi connectivity index (χ1n) is 4.87. The van der Waals surface area contributed by atoms with Crippen molar-refractivity contribution < 1.29 is 9.66 Å². The Labute approximate surface area is 88.0 Å². The van der Waals surface area contributed by atoms with Crippen molar-refractivity contribution in [1.82, 2.24) is 0 Å². The van der Waals surface area contributed by atoms with E-state index in [4.69, 9.17) is 4.74 Å². The smallest absolute Gasteiger partial charge is 0.275 e. The molecule has 0 bridgehead atoms. The van der Waals surface area contributed by atoms with Crippen molar-refractivity contribution in [3.05, 3.63) is 39.9 Å². The summed E-state index contributed by atoms with van der Waals surface area (Å²) in [6.07, 6.45) is -0.154. The van der Waals surface area contributed by atoms with E-state index in [1.54, 1.807) is 18.2 Å². The zero-order valence-corrected chi connectivity index (χ0v) is 8.77. The lowest BCUT2D eigenvalue weighted by atomic mass is 9.78. The lowest BCUT2D eigenvalue weighted by Gasteiger charge is -2.44. The number of nitro benzene ring substituents is 1.